The van der Waals surface area contributed by atoms with Gasteiger partial charge in [0.1, 0.15) is 0 Å². The van der Waals surface area contributed by atoms with E-state index in [4.69, 9.17) is 27.9 Å². The molecule has 0 aliphatic heterocycles. The molecule has 5 nitrogen and oxygen atoms in total. The van der Waals surface area contributed by atoms with Crippen LogP contribution in [0, 0.1) is 0 Å². The third-order valence-electron chi connectivity index (χ3n) is 2.85. The van der Waals surface area contributed by atoms with E-state index in [2.05, 4.69) is 10.5 Å². The summed E-state index contributed by atoms with van der Waals surface area (Å²) >= 11 is 11.7. The molecule has 2 aromatic carbocycles. The summed E-state index contributed by atoms with van der Waals surface area (Å²) in [5, 5.41) is 14.1. The molecule has 0 aliphatic carbocycles. The number of amides is 1. The van der Waals surface area contributed by atoms with Gasteiger partial charge < -0.3 is 9.84 Å². The van der Waals surface area contributed by atoms with Crippen LogP contribution in [0.4, 0.5) is 0 Å². The van der Waals surface area contributed by atoms with E-state index in [1.54, 1.807) is 18.2 Å². The lowest BCUT2D eigenvalue weighted by Gasteiger charge is -2.06. The zero-order valence-corrected chi connectivity index (χ0v) is 13.7. The van der Waals surface area contributed by atoms with Gasteiger partial charge in [0, 0.05) is 5.56 Å². The van der Waals surface area contributed by atoms with Gasteiger partial charge in [-0.15, -0.1) is 0 Å². The normalized spacial score (nSPS) is 10.7. The predicted octanol–water partition coefficient (Wildman–Crippen LogP) is 3.86. The van der Waals surface area contributed by atoms with Crippen molar-refractivity contribution in [2.24, 2.45) is 5.10 Å². The van der Waals surface area contributed by atoms with Crippen LogP contribution in [-0.4, -0.2) is 23.8 Å². The Morgan fingerprint density at radius 1 is 1.26 bits per heavy atom. The standard InChI is InChI=1S/C16H14Cl2N2O3/c1-2-23-15-7-10(3-6-14(15)21)9-19-20-16(22)11-4-5-12(17)13(18)8-11/h3-9,21H,2H2,1H3,(H,20,22). The predicted molar refractivity (Wildman–Crippen MR) is 90.8 cm³/mol. The molecule has 23 heavy (non-hydrogen) atoms. The van der Waals surface area contributed by atoms with E-state index in [-0.39, 0.29) is 5.75 Å². The highest BCUT2D eigenvalue weighted by molar-refractivity contribution is 6.42. The second-order valence-corrected chi connectivity index (χ2v) is 5.30. The molecule has 0 aromatic heterocycles. The van der Waals surface area contributed by atoms with Crippen LogP contribution in [0.5, 0.6) is 11.5 Å². The van der Waals surface area contributed by atoms with Crippen LogP contribution in [0.3, 0.4) is 0 Å². The molecule has 7 heteroatoms. The maximum Gasteiger partial charge on any atom is 0.271 e. The number of ether oxygens (including phenoxy) is 1. The van der Waals surface area contributed by atoms with Crippen LogP contribution in [0.15, 0.2) is 41.5 Å². The number of rotatable bonds is 5. The monoisotopic (exact) mass is 352 g/mol. The SMILES string of the molecule is CCOc1cc(C=NNC(=O)c2ccc(Cl)c(Cl)c2)ccc1O. The fourth-order valence-electron chi connectivity index (χ4n) is 1.75. The third kappa shape index (κ3) is 4.61. The summed E-state index contributed by atoms with van der Waals surface area (Å²) in [5.74, 6) is -0.0141. The minimum atomic E-state index is -0.413. The Bertz CT molecular complexity index is 748. The van der Waals surface area contributed by atoms with Crippen molar-refractivity contribution < 1.29 is 14.6 Å². The molecule has 0 saturated carbocycles. The smallest absolute Gasteiger partial charge is 0.271 e. The van der Waals surface area contributed by atoms with E-state index in [1.807, 2.05) is 6.92 Å². The number of aromatic hydroxyl groups is 1. The number of benzene rings is 2. The number of carbonyl (C=O) groups excluding carboxylic acids is 1. The number of nitrogens with zero attached hydrogens (tertiary/aromatic N) is 1. The number of hydrogen-bond donors (Lipinski definition) is 2. The molecular weight excluding hydrogens is 339 g/mol. The van der Waals surface area contributed by atoms with Gasteiger partial charge in [-0.25, -0.2) is 5.43 Å². The minimum absolute atomic E-state index is 0.0452. The van der Waals surface area contributed by atoms with E-state index in [9.17, 15) is 9.90 Å². The summed E-state index contributed by atoms with van der Waals surface area (Å²) in [6.07, 6.45) is 1.44. The Balaban J connectivity index is 2.04. The van der Waals surface area contributed by atoms with Gasteiger partial charge in [-0.3, -0.25) is 4.79 Å². The zero-order valence-electron chi connectivity index (χ0n) is 12.2. The summed E-state index contributed by atoms with van der Waals surface area (Å²) in [7, 11) is 0. The number of phenolic OH excluding ortho intramolecular Hbond substituents is 1. The molecule has 0 bridgehead atoms. The Morgan fingerprint density at radius 3 is 2.74 bits per heavy atom. The van der Waals surface area contributed by atoms with Crippen LogP contribution in [0.1, 0.15) is 22.8 Å². The van der Waals surface area contributed by atoms with Gasteiger partial charge in [0.15, 0.2) is 11.5 Å². The maximum atomic E-state index is 11.9. The Hall–Kier alpha value is -2.24. The van der Waals surface area contributed by atoms with Crippen molar-refractivity contribution in [3.63, 3.8) is 0 Å². The molecule has 0 saturated heterocycles. The molecule has 0 unspecified atom stereocenters. The average molecular weight is 353 g/mol. The number of hydrogen-bond acceptors (Lipinski definition) is 4. The molecule has 0 atom stereocenters. The summed E-state index contributed by atoms with van der Waals surface area (Å²) in [4.78, 5) is 11.9. The van der Waals surface area contributed by atoms with Crippen molar-refractivity contribution in [3.05, 3.63) is 57.6 Å². The van der Waals surface area contributed by atoms with E-state index in [1.165, 1.54) is 24.4 Å². The number of carbonyl (C=O) groups is 1. The first-order valence-corrected chi connectivity index (χ1v) is 7.51. The lowest BCUT2D eigenvalue weighted by molar-refractivity contribution is 0.0955. The molecule has 2 N–H and O–H groups in total. The van der Waals surface area contributed by atoms with E-state index < -0.39 is 5.91 Å². The van der Waals surface area contributed by atoms with Crippen LogP contribution in [0.2, 0.25) is 10.0 Å². The molecule has 1 amide bonds. The molecule has 2 aromatic rings. The van der Waals surface area contributed by atoms with Gasteiger partial charge >= 0.3 is 0 Å². The Morgan fingerprint density at radius 2 is 2.04 bits per heavy atom. The van der Waals surface area contributed by atoms with Crippen LogP contribution < -0.4 is 10.2 Å². The molecule has 0 spiro atoms. The highest BCUT2D eigenvalue weighted by Gasteiger charge is 2.07. The zero-order chi connectivity index (χ0) is 16.8. The van der Waals surface area contributed by atoms with Crippen molar-refractivity contribution >= 4 is 35.3 Å². The lowest BCUT2D eigenvalue weighted by Crippen LogP contribution is -2.17. The van der Waals surface area contributed by atoms with Gasteiger partial charge in [-0.05, 0) is 48.9 Å². The van der Waals surface area contributed by atoms with Gasteiger partial charge in [-0.1, -0.05) is 23.2 Å². The van der Waals surface area contributed by atoms with Crippen molar-refractivity contribution in [2.75, 3.05) is 6.61 Å². The van der Waals surface area contributed by atoms with Crippen molar-refractivity contribution in [3.8, 4) is 11.5 Å². The third-order valence-corrected chi connectivity index (χ3v) is 3.58. The Labute approximate surface area is 143 Å². The number of phenols is 1. The van der Waals surface area contributed by atoms with Gasteiger partial charge in [0.05, 0.1) is 22.9 Å². The van der Waals surface area contributed by atoms with Gasteiger partial charge in [0.2, 0.25) is 0 Å². The summed E-state index contributed by atoms with van der Waals surface area (Å²) in [6, 6.07) is 9.31. The first-order valence-electron chi connectivity index (χ1n) is 6.75. The van der Waals surface area contributed by atoms with Gasteiger partial charge in [0.25, 0.3) is 5.91 Å². The summed E-state index contributed by atoms with van der Waals surface area (Å²) in [6.45, 7) is 2.25. The van der Waals surface area contributed by atoms with Crippen molar-refractivity contribution in [1.29, 1.82) is 0 Å². The van der Waals surface area contributed by atoms with Crippen molar-refractivity contribution in [1.82, 2.24) is 5.43 Å². The summed E-state index contributed by atoms with van der Waals surface area (Å²) in [5.41, 5.74) is 3.40. The summed E-state index contributed by atoms with van der Waals surface area (Å²) < 4.78 is 5.27. The largest absolute Gasteiger partial charge is 0.504 e. The van der Waals surface area contributed by atoms with Gasteiger partial charge in [-0.2, -0.15) is 5.10 Å². The molecule has 0 fully saturated rings. The highest BCUT2D eigenvalue weighted by Crippen LogP contribution is 2.26. The topological polar surface area (TPSA) is 70.9 Å². The minimum Gasteiger partial charge on any atom is -0.504 e. The lowest BCUT2D eigenvalue weighted by atomic mass is 10.2. The molecule has 0 aliphatic rings. The van der Waals surface area contributed by atoms with Crippen LogP contribution in [0.25, 0.3) is 0 Å². The maximum absolute atomic E-state index is 11.9. The molecule has 0 heterocycles. The number of hydrazone groups is 1. The molecule has 120 valence electrons. The fraction of sp³-hybridized carbons (Fsp3) is 0.125. The second kappa shape index (κ2) is 7.85. The van der Waals surface area contributed by atoms with Crippen LogP contribution >= 0.6 is 23.2 Å². The quantitative estimate of drug-likeness (QED) is 0.633. The average Bonchev–Trinajstić information content (AvgIpc) is 2.53. The molecular formula is C16H14Cl2N2O3. The van der Waals surface area contributed by atoms with E-state index in [0.29, 0.717) is 33.5 Å². The molecule has 0 radical (unpaired) electrons. The highest BCUT2D eigenvalue weighted by atomic mass is 35.5. The molecule has 2 rings (SSSR count). The fourth-order valence-corrected chi connectivity index (χ4v) is 2.05. The van der Waals surface area contributed by atoms with E-state index in [0.717, 1.165) is 0 Å². The number of halogens is 2. The first-order chi connectivity index (χ1) is 11.0. The van der Waals surface area contributed by atoms with Crippen molar-refractivity contribution in [2.45, 2.75) is 6.92 Å². The van der Waals surface area contributed by atoms with E-state index >= 15 is 0 Å². The van der Waals surface area contributed by atoms with Crippen LogP contribution in [-0.2, 0) is 0 Å². The first kappa shape index (κ1) is 17.1. The Kier molecular flexibility index (Phi) is 5.84. The number of nitrogens with one attached hydrogen (secondary N) is 1. The second-order valence-electron chi connectivity index (χ2n) is 4.49.